The highest BCUT2D eigenvalue weighted by atomic mass is 35.5. The zero-order valence-corrected chi connectivity index (χ0v) is 17.8. The first kappa shape index (κ1) is 21.1. The third-order valence-corrected chi connectivity index (χ3v) is 6.06. The molecular formula is C23H27ClN2O4. The molecule has 2 aromatic rings. The molecule has 1 amide bonds. The highest BCUT2D eigenvalue weighted by Crippen LogP contribution is 2.43. The van der Waals surface area contributed by atoms with E-state index in [0.717, 1.165) is 25.9 Å². The van der Waals surface area contributed by atoms with E-state index in [1.54, 1.807) is 18.2 Å². The molecule has 2 N–H and O–H groups in total. The highest BCUT2D eigenvalue weighted by Gasteiger charge is 2.42. The first-order valence-electron chi connectivity index (χ1n) is 10.3. The number of β-amino-alcohol motifs (C(OH)–C–C–N with tert-alkyl or cyclic N) is 1. The average molecular weight is 431 g/mol. The Kier molecular flexibility index (Phi) is 6.29. The van der Waals surface area contributed by atoms with Crippen LogP contribution in [0.2, 0.25) is 5.02 Å². The van der Waals surface area contributed by atoms with Crippen LogP contribution >= 0.6 is 11.6 Å². The van der Waals surface area contributed by atoms with Crippen LogP contribution in [0.4, 0.5) is 5.69 Å². The lowest BCUT2D eigenvalue weighted by Crippen LogP contribution is -2.46. The lowest BCUT2D eigenvalue weighted by atomic mass is 9.84. The summed E-state index contributed by atoms with van der Waals surface area (Å²) in [5.41, 5.74) is 2.93. The van der Waals surface area contributed by atoms with Gasteiger partial charge in [-0.1, -0.05) is 35.9 Å². The summed E-state index contributed by atoms with van der Waals surface area (Å²) in [6.45, 7) is 4.50. The largest absolute Gasteiger partial charge is 0.489 e. The van der Waals surface area contributed by atoms with Crippen molar-refractivity contribution in [2.24, 2.45) is 0 Å². The van der Waals surface area contributed by atoms with Crippen LogP contribution in [0.15, 0.2) is 42.5 Å². The quantitative estimate of drug-likeness (QED) is 0.733. The maximum absolute atomic E-state index is 11.4. The fourth-order valence-electron chi connectivity index (χ4n) is 4.35. The number of fused-ring (bicyclic) bond motifs is 2. The van der Waals surface area contributed by atoms with Crippen molar-refractivity contribution in [3.8, 4) is 5.75 Å². The second-order valence-electron chi connectivity index (χ2n) is 8.03. The van der Waals surface area contributed by atoms with E-state index in [-0.39, 0.29) is 18.1 Å². The summed E-state index contributed by atoms with van der Waals surface area (Å²) in [7, 11) is 0. The Hall–Kier alpha value is -2.12. The van der Waals surface area contributed by atoms with Crippen molar-refractivity contribution in [2.45, 2.75) is 38.1 Å². The van der Waals surface area contributed by atoms with Gasteiger partial charge in [0.05, 0.1) is 17.9 Å². The molecule has 160 valence electrons. The molecule has 1 atom stereocenters. The number of piperidine rings is 1. The van der Waals surface area contributed by atoms with E-state index in [1.165, 1.54) is 18.1 Å². The van der Waals surface area contributed by atoms with Gasteiger partial charge in [0.2, 0.25) is 5.91 Å². The Balaban J connectivity index is 1.29. The SMILES string of the molecule is CC(=O)Nc1cc(Cl)ccc1OC[C@H](O)CN1CCC2(CC1)OCc1ccccc12. The molecule has 0 saturated carbocycles. The Labute approximate surface area is 181 Å². The molecule has 2 aliphatic heterocycles. The number of anilines is 1. The predicted molar refractivity (Wildman–Crippen MR) is 116 cm³/mol. The lowest BCUT2D eigenvalue weighted by molar-refractivity contribution is -0.114. The number of carbonyl (C=O) groups is 1. The molecule has 2 heterocycles. The molecule has 4 rings (SSSR count). The van der Waals surface area contributed by atoms with Gasteiger partial charge in [0.25, 0.3) is 0 Å². The van der Waals surface area contributed by atoms with Crippen molar-refractivity contribution in [3.63, 3.8) is 0 Å². The molecule has 1 saturated heterocycles. The standard InChI is InChI=1S/C23H27ClN2O4/c1-16(27)25-21-12-18(24)6-7-22(21)29-15-19(28)13-26-10-8-23(9-11-26)20-5-3-2-4-17(20)14-30-23/h2-7,12,19,28H,8-11,13-15H2,1H3,(H,25,27)/t19-/m1/s1. The van der Waals surface area contributed by atoms with Gasteiger partial charge in [0.15, 0.2) is 0 Å². The van der Waals surface area contributed by atoms with Crippen LogP contribution in [0, 0.1) is 0 Å². The first-order valence-corrected chi connectivity index (χ1v) is 10.7. The number of likely N-dealkylation sites (tertiary alicyclic amines) is 1. The van der Waals surface area contributed by atoms with Crippen LogP contribution in [-0.4, -0.2) is 48.3 Å². The molecule has 30 heavy (non-hydrogen) atoms. The number of hydrogen-bond acceptors (Lipinski definition) is 5. The van der Waals surface area contributed by atoms with Crippen LogP contribution in [0.25, 0.3) is 0 Å². The van der Waals surface area contributed by atoms with Crippen LogP contribution < -0.4 is 10.1 Å². The number of halogens is 1. The molecule has 7 heteroatoms. The van der Waals surface area contributed by atoms with Crippen LogP contribution in [0.3, 0.4) is 0 Å². The maximum Gasteiger partial charge on any atom is 0.221 e. The van der Waals surface area contributed by atoms with Gasteiger partial charge in [0, 0.05) is 31.6 Å². The average Bonchev–Trinajstić information content (AvgIpc) is 3.07. The number of nitrogens with zero attached hydrogens (tertiary/aromatic N) is 1. The van der Waals surface area contributed by atoms with Gasteiger partial charge in [-0.25, -0.2) is 0 Å². The van der Waals surface area contributed by atoms with Crippen LogP contribution in [-0.2, 0) is 21.7 Å². The minimum Gasteiger partial charge on any atom is -0.489 e. The summed E-state index contributed by atoms with van der Waals surface area (Å²) >= 11 is 6.00. The van der Waals surface area contributed by atoms with Crippen molar-refractivity contribution < 1.29 is 19.4 Å². The van der Waals surface area contributed by atoms with Crippen molar-refractivity contribution in [3.05, 3.63) is 58.6 Å². The third kappa shape index (κ3) is 4.62. The smallest absolute Gasteiger partial charge is 0.221 e. The summed E-state index contributed by atoms with van der Waals surface area (Å²) in [6, 6.07) is 13.5. The molecule has 0 bridgehead atoms. The normalized spacial score (nSPS) is 18.8. The van der Waals surface area contributed by atoms with Crippen LogP contribution in [0.5, 0.6) is 5.75 Å². The Morgan fingerprint density at radius 2 is 2.07 bits per heavy atom. The van der Waals surface area contributed by atoms with E-state index >= 15 is 0 Å². The number of benzene rings is 2. The monoisotopic (exact) mass is 430 g/mol. The van der Waals surface area contributed by atoms with Gasteiger partial charge >= 0.3 is 0 Å². The zero-order chi connectivity index (χ0) is 21.1. The third-order valence-electron chi connectivity index (χ3n) is 5.83. The first-order chi connectivity index (χ1) is 14.4. The number of aliphatic hydroxyl groups excluding tert-OH is 1. The zero-order valence-electron chi connectivity index (χ0n) is 17.1. The number of rotatable bonds is 6. The second-order valence-corrected chi connectivity index (χ2v) is 8.46. The number of carbonyl (C=O) groups excluding carboxylic acids is 1. The minimum absolute atomic E-state index is 0.134. The fourth-order valence-corrected chi connectivity index (χ4v) is 4.52. The van der Waals surface area contributed by atoms with Gasteiger partial charge < -0.3 is 24.8 Å². The summed E-state index contributed by atoms with van der Waals surface area (Å²) in [4.78, 5) is 13.6. The number of amides is 1. The molecule has 1 fully saturated rings. The van der Waals surface area contributed by atoms with Gasteiger partial charge in [-0.2, -0.15) is 0 Å². The summed E-state index contributed by atoms with van der Waals surface area (Å²) < 4.78 is 12.0. The molecule has 0 unspecified atom stereocenters. The fraction of sp³-hybridized carbons (Fsp3) is 0.435. The van der Waals surface area contributed by atoms with Gasteiger partial charge in [-0.05, 0) is 42.2 Å². The number of nitrogens with one attached hydrogen (secondary N) is 1. The molecule has 0 aliphatic carbocycles. The van der Waals surface area contributed by atoms with E-state index in [2.05, 4.69) is 34.5 Å². The van der Waals surface area contributed by atoms with E-state index in [4.69, 9.17) is 21.1 Å². The van der Waals surface area contributed by atoms with E-state index in [1.807, 2.05) is 0 Å². The molecule has 0 radical (unpaired) electrons. The van der Waals surface area contributed by atoms with Gasteiger partial charge in [0.1, 0.15) is 18.5 Å². The molecule has 2 aromatic carbocycles. The molecular weight excluding hydrogens is 404 g/mol. The van der Waals surface area contributed by atoms with E-state index in [9.17, 15) is 9.90 Å². The predicted octanol–water partition coefficient (Wildman–Crippen LogP) is 3.56. The minimum atomic E-state index is -0.642. The van der Waals surface area contributed by atoms with Crippen molar-refractivity contribution >= 4 is 23.2 Å². The number of ether oxygens (including phenoxy) is 2. The summed E-state index contributed by atoms with van der Waals surface area (Å²) in [5.74, 6) is 0.280. The molecule has 0 aromatic heterocycles. The Morgan fingerprint density at radius 1 is 1.30 bits per heavy atom. The van der Waals surface area contributed by atoms with Crippen molar-refractivity contribution in [2.75, 3.05) is 31.6 Å². The molecule has 1 spiro atoms. The molecule has 6 nitrogen and oxygen atoms in total. The van der Waals surface area contributed by atoms with Gasteiger partial charge in [-0.3, -0.25) is 4.79 Å². The van der Waals surface area contributed by atoms with Crippen molar-refractivity contribution in [1.29, 1.82) is 0 Å². The van der Waals surface area contributed by atoms with E-state index < -0.39 is 6.10 Å². The molecule has 2 aliphatic rings. The number of aliphatic hydroxyl groups is 1. The Morgan fingerprint density at radius 3 is 2.83 bits per heavy atom. The van der Waals surface area contributed by atoms with Crippen LogP contribution in [0.1, 0.15) is 30.9 Å². The number of hydrogen-bond donors (Lipinski definition) is 2. The topological polar surface area (TPSA) is 71.0 Å². The maximum atomic E-state index is 11.4. The summed E-state index contributed by atoms with van der Waals surface area (Å²) in [5, 5.41) is 13.7. The second kappa shape index (κ2) is 8.94. The Bertz CT molecular complexity index is 912. The van der Waals surface area contributed by atoms with Gasteiger partial charge in [-0.15, -0.1) is 0 Å². The highest BCUT2D eigenvalue weighted by molar-refractivity contribution is 6.31. The summed E-state index contributed by atoms with van der Waals surface area (Å²) in [6.07, 6.45) is 1.19. The lowest BCUT2D eigenvalue weighted by Gasteiger charge is -2.39. The van der Waals surface area contributed by atoms with Crippen molar-refractivity contribution in [1.82, 2.24) is 4.90 Å². The van der Waals surface area contributed by atoms with E-state index in [0.29, 0.717) is 29.6 Å².